The maximum Gasteiger partial charge on any atom is 0.410 e. The van der Waals surface area contributed by atoms with Gasteiger partial charge in [-0.15, -0.1) is 0 Å². The van der Waals surface area contributed by atoms with Crippen LogP contribution < -0.4 is 11.2 Å². The van der Waals surface area contributed by atoms with Crippen molar-refractivity contribution in [2.24, 2.45) is 0 Å². The second-order valence-corrected chi connectivity index (χ2v) is 10.5. The number of ketones is 1. The van der Waals surface area contributed by atoms with E-state index in [1.54, 1.807) is 41.4 Å². The van der Waals surface area contributed by atoms with Gasteiger partial charge in [0.05, 0.1) is 6.04 Å². The molecule has 1 fully saturated rings. The number of rotatable bonds is 5. The Bertz CT molecular complexity index is 1340. The third kappa shape index (κ3) is 5.85. The first-order chi connectivity index (χ1) is 17.9. The Balaban J connectivity index is 1.63. The lowest BCUT2D eigenvalue weighted by Gasteiger charge is -2.36. The van der Waals surface area contributed by atoms with Gasteiger partial charge in [0.15, 0.2) is 11.6 Å². The Labute approximate surface area is 222 Å². The van der Waals surface area contributed by atoms with Gasteiger partial charge in [0, 0.05) is 30.8 Å². The fourth-order valence-electron chi connectivity index (χ4n) is 4.47. The van der Waals surface area contributed by atoms with Crippen molar-refractivity contribution < 1.29 is 19.1 Å². The topological polar surface area (TPSA) is 132 Å². The Morgan fingerprint density at radius 1 is 1.08 bits per heavy atom. The molecule has 200 valence electrons. The van der Waals surface area contributed by atoms with Crippen LogP contribution in [0, 0.1) is 6.92 Å². The van der Waals surface area contributed by atoms with Gasteiger partial charge in [-0.3, -0.25) is 14.5 Å². The first-order valence-electron chi connectivity index (χ1n) is 12.7. The molecule has 0 saturated carbocycles. The van der Waals surface area contributed by atoms with Crippen LogP contribution in [0.4, 0.5) is 10.6 Å². The van der Waals surface area contributed by atoms with Crippen molar-refractivity contribution in [3.8, 4) is 11.3 Å². The number of benzene rings is 1. The Kier molecular flexibility index (Phi) is 7.52. The van der Waals surface area contributed by atoms with E-state index in [1.165, 1.54) is 11.6 Å². The van der Waals surface area contributed by atoms with Crippen LogP contribution in [0.1, 0.15) is 85.2 Å². The van der Waals surface area contributed by atoms with E-state index < -0.39 is 17.7 Å². The molecule has 3 aromatic rings. The number of likely N-dealkylation sites (tertiary alicyclic amines) is 1. The summed E-state index contributed by atoms with van der Waals surface area (Å²) in [7, 11) is 0. The van der Waals surface area contributed by atoms with Gasteiger partial charge in [0.25, 0.3) is 5.91 Å². The van der Waals surface area contributed by atoms with E-state index in [2.05, 4.69) is 10.3 Å². The molecule has 3 heterocycles. The minimum absolute atomic E-state index is 0.232. The molecule has 0 unspecified atom stereocenters. The lowest BCUT2D eigenvalue weighted by molar-refractivity contribution is 0.00821. The standard InChI is InChI=1S/C28H34N6O4/c1-17-9-14-22(30-16-17)31-26(36)20-12-10-19(11-13-20)23-24(18(2)35)34(29)25(32-23)21-8-6-7-15-33(21)27(37)38-28(3,4)5/h9-14,16,21H,6-8,15,29H2,1-5H3,(H,30,31,36)/t21-/m0/s1. The van der Waals surface area contributed by atoms with Gasteiger partial charge in [-0.1, -0.05) is 18.2 Å². The van der Waals surface area contributed by atoms with E-state index in [-0.39, 0.29) is 17.4 Å². The van der Waals surface area contributed by atoms with Crippen molar-refractivity contribution in [2.45, 2.75) is 65.5 Å². The molecule has 1 saturated heterocycles. The minimum Gasteiger partial charge on any atom is -0.444 e. The van der Waals surface area contributed by atoms with Crippen LogP contribution in [0.5, 0.6) is 0 Å². The summed E-state index contributed by atoms with van der Waals surface area (Å²) in [6.07, 6.45) is 3.63. The van der Waals surface area contributed by atoms with Crippen LogP contribution in [0.2, 0.25) is 0 Å². The zero-order valence-electron chi connectivity index (χ0n) is 22.4. The minimum atomic E-state index is -0.642. The van der Waals surface area contributed by atoms with Gasteiger partial charge >= 0.3 is 6.09 Å². The maximum atomic E-state index is 13.0. The summed E-state index contributed by atoms with van der Waals surface area (Å²) in [5.41, 5.74) is 2.04. The average molecular weight is 519 g/mol. The first kappa shape index (κ1) is 26.8. The molecular weight excluding hydrogens is 484 g/mol. The molecule has 4 rings (SSSR count). The zero-order chi connectivity index (χ0) is 27.6. The van der Waals surface area contributed by atoms with Crippen LogP contribution in [-0.2, 0) is 4.74 Å². The van der Waals surface area contributed by atoms with Crippen molar-refractivity contribution in [3.63, 3.8) is 0 Å². The Morgan fingerprint density at radius 2 is 1.79 bits per heavy atom. The third-order valence-electron chi connectivity index (χ3n) is 6.27. The number of Topliss-reactive ketones (excluding diaryl/α,β-unsaturated/α-hetero) is 1. The number of hydrogen-bond acceptors (Lipinski definition) is 7. The number of anilines is 1. The number of imidazole rings is 1. The molecule has 38 heavy (non-hydrogen) atoms. The number of nitrogens with two attached hydrogens (primary N) is 1. The largest absolute Gasteiger partial charge is 0.444 e. The van der Waals surface area contributed by atoms with Gasteiger partial charge in [-0.2, -0.15) is 0 Å². The maximum absolute atomic E-state index is 13.0. The van der Waals surface area contributed by atoms with E-state index in [4.69, 9.17) is 15.6 Å². The highest BCUT2D eigenvalue weighted by atomic mass is 16.6. The van der Waals surface area contributed by atoms with Crippen LogP contribution in [-0.4, -0.2) is 49.5 Å². The summed E-state index contributed by atoms with van der Waals surface area (Å²) in [6, 6.07) is 9.94. The Morgan fingerprint density at radius 3 is 2.39 bits per heavy atom. The fraction of sp³-hybridized carbons (Fsp3) is 0.393. The number of aryl methyl sites for hydroxylation is 1. The highest BCUT2D eigenvalue weighted by molar-refractivity contribution is 6.04. The summed E-state index contributed by atoms with van der Waals surface area (Å²) in [5, 5.41) is 2.77. The van der Waals surface area contributed by atoms with Crippen molar-refractivity contribution in [1.82, 2.24) is 19.5 Å². The SMILES string of the molecule is CC(=O)c1c(-c2ccc(C(=O)Nc3ccc(C)cn3)cc2)nc([C@@H]2CCCCN2C(=O)OC(C)(C)C)n1N. The van der Waals surface area contributed by atoms with Gasteiger partial charge < -0.3 is 15.9 Å². The zero-order valence-corrected chi connectivity index (χ0v) is 22.4. The third-order valence-corrected chi connectivity index (χ3v) is 6.27. The summed E-state index contributed by atoms with van der Waals surface area (Å²) in [4.78, 5) is 48.9. The molecule has 1 aliphatic rings. The second kappa shape index (κ2) is 10.6. The smallest absolute Gasteiger partial charge is 0.410 e. The number of ether oxygens (including phenoxy) is 1. The summed E-state index contributed by atoms with van der Waals surface area (Å²) < 4.78 is 6.91. The van der Waals surface area contributed by atoms with E-state index >= 15 is 0 Å². The molecule has 3 N–H and O–H groups in total. The fourth-order valence-corrected chi connectivity index (χ4v) is 4.47. The summed E-state index contributed by atoms with van der Waals surface area (Å²) in [5.74, 6) is 6.73. The molecule has 0 radical (unpaired) electrons. The summed E-state index contributed by atoms with van der Waals surface area (Å²) >= 11 is 0. The van der Waals surface area contributed by atoms with E-state index in [0.717, 1.165) is 18.4 Å². The van der Waals surface area contributed by atoms with E-state index in [1.807, 2.05) is 33.8 Å². The van der Waals surface area contributed by atoms with Crippen molar-refractivity contribution in [3.05, 3.63) is 65.2 Å². The predicted octanol–water partition coefficient (Wildman–Crippen LogP) is 4.88. The number of nitrogens with zero attached hydrogens (tertiary/aromatic N) is 4. The van der Waals surface area contributed by atoms with Crippen LogP contribution in [0.3, 0.4) is 0 Å². The number of carbonyl (C=O) groups is 3. The number of amides is 2. The second-order valence-electron chi connectivity index (χ2n) is 10.5. The molecule has 2 amide bonds. The van der Waals surface area contributed by atoms with E-state index in [9.17, 15) is 14.4 Å². The van der Waals surface area contributed by atoms with Gasteiger partial charge in [0.1, 0.15) is 22.8 Å². The molecule has 0 aliphatic carbocycles. The van der Waals surface area contributed by atoms with Crippen molar-refractivity contribution >= 4 is 23.6 Å². The monoisotopic (exact) mass is 518 g/mol. The molecule has 10 nitrogen and oxygen atoms in total. The summed E-state index contributed by atoms with van der Waals surface area (Å²) in [6.45, 7) is 9.32. The molecular formula is C28H34N6O4. The molecule has 1 aromatic carbocycles. The molecule has 0 spiro atoms. The molecule has 10 heteroatoms. The number of nitrogens with one attached hydrogen (secondary N) is 1. The lowest BCUT2D eigenvalue weighted by atomic mass is 10.0. The number of pyridine rings is 1. The Hall–Kier alpha value is -4.21. The van der Waals surface area contributed by atoms with Gasteiger partial charge in [-0.05, 0) is 70.7 Å². The lowest BCUT2D eigenvalue weighted by Crippen LogP contribution is -2.43. The van der Waals surface area contributed by atoms with Crippen LogP contribution in [0.15, 0.2) is 42.6 Å². The van der Waals surface area contributed by atoms with Gasteiger partial charge in [0.2, 0.25) is 0 Å². The van der Waals surface area contributed by atoms with Crippen LogP contribution >= 0.6 is 0 Å². The predicted molar refractivity (Wildman–Crippen MR) is 144 cm³/mol. The number of aromatic nitrogens is 3. The molecule has 2 aromatic heterocycles. The number of nitrogen functional groups attached to an aromatic ring is 1. The van der Waals surface area contributed by atoms with Crippen LogP contribution in [0.25, 0.3) is 11.3 Å². The number of carbonyl (C=O) groups excluding carboxylic acids is 3. The highest BCUT2D eigenvalue weighted by Crippen LogP contribution is 2.34. The number of hydrogen-bond donors (Lipinski definition) is 2. The average Bonchev–Trinajstić information content (AvgIpc) is 3.21. The quantitative estimate of drug-likeness (QED) is 0.363. The first-order valence-corrected chi connectivity index (χ1v) is 12.7. The normalized spacial score (nSPS) is 15.7. The molecule has 1 atom stereocenters. The van der Waals surface area contributed by atoms with E-state index in [0.29, 0.717) is 41.4 Å². The van der Waals surface area contributed by atoms with Gasteiger partial charge in [-0.25, -0.2) is 19.4 Å². The van der Waals surface area contributed by atoms with Crippen molar-refractivity contribution in [2.75, 3.05) is 17.7 Å². The van der Waals surface area contributed by atoms with Crippen molar-refractivity contribution in [1.29, 1.82) is 0 Å². The number of piperidine rings is 1. The molecule has 1 aliphatic heterocycles. The molecule has 0 bridgehead atoms. The highest BCUT2D eigenvalue weighted by Gasteiger charge is 2.36.